The van der Waals surface area contributed by atoms with Crippen LogP contribution in [0.3, 0.4) is 0 Å². The van der Waals surface area contributed by atoms with Gasteiger partial charge < -0.3 is 20.6 Å². The van der Waals surface area contributed by atoms with Crippen LogP contribution in [0, 0.1) is 5.13 Å². The Morgan fingerprint density at radius 2 is 2.19 bits per heavy atom. The van der Waals surface area contributed by atoms with Gasteiger partial charge in [0.25, 0.3) is 0 Å². The third kappa shape index (κ3) is 4.43. The summed E-state index contributed by atoms with van der Waals surface area (Å²) in [4.78, 5) is 30.6. The lowest BCUT2D eigenvalue weighted by molar-refractivity contribution is -0.117. The van der Waals surface area contributed by atoms with Gasteiger partial charge in [-0.05, 0) is 24.4 Å². The van der Waals surface area contributed by atoms with Crippen molar-refractivity contribution in [3.8, 4) is 0 Å². The van der Waals surface area contributed by atoms with E-state index in [1.807, 2.05) is 6.07 Å². The van der Waals surface area contributed by atoms with Crippen molar-refractivity contribution in [1.82, 2.24) is 30.1 Å². The molecule has 0 spiro atoms. The molecule has 2 atom stereocenters. The number of nitrogens with one attached hydrogen (secondary N) is 3. The smallest absolute Gasteiger partial charge is 0.249 e. The van der Waals surface area contributed by atoms with Crippen molar-refractivity contribution in [2.75, 3.05) is 22.1 Å². The van der Waals surface area contributed by atoms with Crippen LogP contribution in [0.15, 0.2) is 12.3 Å². The molecule has 0 bridgehead atoms. The molecular formula is C17H17ClFN9O2S. The molecule has 4 N–H and O–H groups in total. The average Bonchev–Trinajstić information content (AvgIpc) is 3.12. The predicted molar refractivity (Wildman–Crippen MR) is 111 cm³/mol. The number of H-pyrrole nitrogens is 1. The van der Waals surface area contributed by atoms with Crippen LogP contribution in [0.4, 0.5) is 27.2 Å². The lowest BCUT2D eigenvalue weighted by atomic mass is 10.2. The standard InChI is InChI=1S/C17H17ClFN9O2S/c18-14-23-15(21-12-4-9(26-27-12)7-1-2-7)25-16(24-14)28-6-8(29)3-10(28)13(30)22-17-20-5-11(19)31-17/h4-5,7-8,10,29H,1-3,6H2,(H,20,22,30)(H2,21,23,24,25,26,27)/t8-,10-/m0/s1. The van der Waals surface area contributed by atoms with Crippen molar-refractivity contribution in [1.29, 1.82) is 0 Å². The highest BCUT2D eigenvalue weighted by molar-refractivity contribution is 7.14. The van der Waals surface area contributed by atoms with Gasteiger partial charge in [-0.15, -0.1) is 0 Å². The quantitative estimate of drug-likeness (QED) is 0.429. The number of hydrogen-bond acceptors (Lipinski definition) is 10. The van der Waals surface area contributed by atoms with E-state index in [2.05, 4.69) is 40.8 Å². The normalized spacial score (nSPS) is 20.8. The first kappa shape index (κ1) is 20.0. The predicted octanol–water partition coefficient (Wildman–Crippen LogP) is 2.04. The van der Waals surface area contributed by atoms with Gasteiger partial charge in [-0.25, -0.2) is 4.98 Å². The zero-order valence-corrected chi connectivity index (χ0v) is 17.5. The zero-order valence-electron chi connectivity index (χ0n) is 15.9. The molecule has 1 aliphatic carbocycles. The number of thiazole rings is 1. The molecule has 0 unspecified atom stereocenters. The van der Waals surface area contributed by atoms with Crippen molar-refractivity contribution in [3.63, 3.8) is 0 Å². The Kier molecular flexibility index (Phi) is 5.16. The van der Waals surface area contributed by atoms with Crippen molar-refractivity contribution < 1.29 is 14.3 Å². The van der Waals surface area contributed by atoms with Gasteiger partial charge in [0.2, 0.25) is 23.1 Å². The van der Waals surface area contributed by atoms with Gasteiger partial charge >= 0.3 is 0 Å². The van der Waals surface area contributed by atoms with E-state index >= 15 is 0 Å². The van der Waals surface area contributed by atoms with Crippen molar-refractivity contribution >= 4 is 51.7 Å². The highest BCUT2D eigenvalue weighted by Crippen LogP contribution is 2.39. The van der Waals surface area contributed by atoms with Gasteiger partial charge in [-0.1, -0.05) is 11.3 Å². The molecule has 3 aromatic rings. The van der Waals surface area contributed by atoms with Crippen LogP contribution in [-0.4, -0.2) is 59.8 Å². The molecule has 3 aromatic heterocycles. The molecule has 14 heteroatoms. The maximum Gasteiger partial charge on any atom is 0.249 e. The van der Waals surface area contributed by atoms with E-state index < -0.39 is 23.2 Å². The molecule has 0 radical (unpaired) electrons. The summed E-state index contributed by atoms with van der Waals surface area (Å²) in [5.41, 5.74) is 1.04. The fourth-order valence-corrected chi connectivity index (χ4v) is 4.13. The van der Waals surface area contributed by atoms with Crippen molar-refractivity contribution in [3.05, 3.63) is 28.4 Å². The number of β-amino-alcohol motifs (C(OH)–C–C–N with tert-alkyl or cyclic N) is 1. The number of anilines is 4. The molecule has 11 nitrogen and oxygen atoms in total. The summed E-state index contributed by atoms with van der Waals surface area (Å²) in [6.45, 7) is 0.123. The van der Waals surface area contributed by atoms with Gasteiger partial charge in [0, 0.05) is 30.6 Å². The monoisotopic (exact) mass is 465 g/mol. The molecule has 4 heterocycles. The molecule has 5 rings (SSSR count). The van der Waals surface area contributed by atoms with Gasteiger partial charge in [-0.2, -0.15) is 24.4 Å². The first-order valence-electron chi connectivity index (χ1n) is 9.55. The third-order valence-electron chi connectivity index (χ3n) is 5.00. The Morgan fingerprint density at radius 1 is 1.35 bits per heavy atom. The SMILES string of the molecule is O=C(Nc1ncc(F)s1)[C@@H]1C[C@H](O)CN1c1nc(Cl)nc(Nc2cc(C3CC3)[nH]n2)n1. The van der Waals surface area contributed by atoms with E-state index in [-0.39, 0.29) is 35.3 Å². The van der Waals surface area contributed by atoms with E-state index in [1.54, 1.807) is 0 Å². The number of amides is 1. The van der Waals surface area contributed by atoms with E-state index in [0.717, 1.165) is 24.7 Å². The highest BCUT2D eigenvalue weighted by atomic mass is 35.5. The van der Waals surface area contributed by atoms with Crippen LogP contribution >= 0.6 is 22.9 Å². The second-order valence-corrected chi connectivity index (χ2v) is 8.67. The number of aliphatic hydroxyl groups is 1. The second kappa shape index (κ2) is 7.98. The molecule has 31 heavy (non-hydrogen) atoms. The van der Waals surface area contributed by atoms with Gasteiger partial charge in [0.15, 0.2) is 16.1 Å². The number of carbonyl (C=O) groups is 1. The Hall–Kier alpha value is -2.90. The number of carbonyl (C=O) groups excluding carboxylic acids is 1. The number of aromatic amines is 1. The fourth-order valence-electron chi connectivity index (χ4n) is 3.43. The molecule has 1 saturated carbocycles. The summed E-state index contributed by atoms with van der Waals surface area (Å²) in [7, 11) is 0. The Balaban J connectivity index is 1.36. The summed E-state index contributed by atoms with van der Waals surface area (Å²) in [5, 5.41) is 22.4. The molecule has 1 amide bonds. The van der Waals surface area contributed by atoms with Crippen molar-refractivity contribution in [2.24, 2.45) is 0 Å². The Labute approximate surface area is 184 Å². The first-order chi connectivity index (χ1) is 14.9. The molecule has 2 fully saturated rings. The Morgan fingerprint density at radius 3 is 2.94 bits per heavy atom. The number of nitrogens with zero attached hydrogens (tertiary/aromatic N) is 6. The summed E-state index contributed by atoms with van der Waals surface area (Å²) in [6.07, 6.45) is 2.67. The maximum atomic E-state index is 13.2. The van der Waals surface area contributed by atoms with Crippen LogP contribution in [-0.2, 0) is 4.79 Å². The third-order valence-corrected chi connectivity index (χ3v) is 5.87. The van der Waals surface area contributed by atoms with Crippen LogP contribution in [0.5, 0.6) is 0 Å². The minimum absolute atomic E-state index is 0.0759. The largest absolute Gasteiger partial charge is 0.391 e. The van der Waals surface area contributed by atoms with Crippen LogP contribution in [0.1, 0.15) is 30.9 Å². The van der Waals surface area contributed by atoms with E-state index in [1.165, 1.54) is 4.90 Å². The summed E-state index contributed by atoms with van der Waals surface area (Å²) in [6, 6.07) is 1.10. The maximum absolute atomic E-state index is 13.2. The van der Waals surface area contributed by atoms with Crippen molar-refractivity contribution in [2.45, 2.75) is 37.3 Å². The molecule has 0 aromatic carbocycles. The minimum atomic E-state index is -0.792. The lowest BCUT2D eigenvalue weighted by Gasteiger charge is -2.23. The van der Waals surface area contributed by atoms with E-state index in [9.17, 15) is 14.3 Å². The fraction of sp³-hybridized carbons (Fsp3) is 0.412. The number of aromatic nitrogens is 6. The molecule has 1 saturated heterocycles. The number of aliphatic hydroxyl groups excluding tert-OH is 1. The Bertz CT molecular complexity index is 1120. The van der Waals surface area contributed by atoms with E-state index in [0.29, 0.717) is 23.1 Å². The summed E-state index contributed by atoms with van der Waals surface area (Å²) in [5.74, 6) is 0.876. The molecule has 2 aliphatic rings. The van der Waals surface area contributed by atoms with Crippen LogP contribution in [0.25, 0.3) is 0 Å². The van der Waals surface area contributed by atoms with Crippen LogP contribution in [0.2, 0.25) is 5.28 Å². The highest BCUT2D eigenvalue weighted by Gasteiger charge is 2.38. The van der Waals surface area contributed by atoms with Gasteiger partial charge in [-0.3, -0.25) is 9.89 Å². The van der Waals surface area contributed by atoms with E-state index in [4.69, 9.17) is 11.6 Å². The first-order valence-corrected chi connectivity index (χ1v) is 10.7. The summed E-state index contributed by atoms with van der Waals surface area (Å²) < 4.78 is 13.2. The average molecular weight is 466 g/mol. The molecular weight excluding hydrogens is 449 g/mol. The second-order valence-electron chi connectivity index (χ2n) is 7.35. The minimum Gasteiger partial charge on any atom is -0.391 e. The topological polar surface area (TPSA) is 145 Å². The van der Waals surface area contributed by atoms with Gasteiger partial charge in [0.05, 0.1) is 12.3 Å². The van der Waals surface area contributed by atoms with Crippen LogP contribution < -0.4 is 15.5 Å². The number of halogens is 2. The number of hydrogen-bond donors (Lipinski definition) is 4. The number of rotatable bonds is 6. The lowest BCUT2D eigenvalue weighted by Crippen LogP contribution is -2.40. The zero-order chi connectivity index (χ0) is 21.5. The van der Waals surface area contributed by atoms with Gasteiger partial charge in [0.1, 0.15) is 6.04 Å². The summed E-state index contributed by atoms with van der Waals surface area (Å²) >= 11 is 6.80. The molecule has 1 aliphatic heterocycles. The molecule has 162 valence electrons.